The summed E-state index contributed by atoms with van der Waals surface area (Å²) in [5, 5.41) is 10.6. The maximum absolute atomic E-state index is 10.6. The fourth-order valence-electron chi connectivity index (χ4n) is 2.44. The van der Waals surface area contributed by atoms with Crippen LogP contribution < -0.4 is 0 Å². The molecule has 2 aromatic carbocycles. The van der Waals surface area contributed by atoms with E-state index in [1.54, 1.807) is 11.8 Å². The van der Waals surface area contributed by atoms with Crippen molar-refractivity contribution in [1.82, 2.24) is 0 Å². The third-order valence-corrected chi connectivity index (χ3v) is 5.27. The van der Waals surface area contributed by atoms with Crippen molar-refractivity contribution in [3.05, 3.63) is 66.2 Å². The summed E-state index contributed by atoms with van der Waals surface area (Å²) in [5.41, 5.74) is 1.12. The number of thioether (sulfide) groups is 1. The molecule has 0 aromatic heterocycles. The molecule has 1 N–H and O–H groups in total. The highest BCUT2D eigenvalue weighted by molar-refractivity contribution is 8.00. The van der Waals surface area contributed by atoms with Crippen molar-refractivity contribution in [2.45, 2.75) is 55.5 Å². The summed E-state index contributed by atoms with van der Waals surface area (Å²) in [6.45, 7) is 3.00. The van der Waals surface area contributed by atoms with Crippen molar-refractivity contribution in [2.75, 3.05) is 6.61 Å². The van der Waals surface area contributed by atoms with E-state index in [1.807, 2.05) is 48.5 Å². The summed E-state index contributed by atoms with van der Waals surface area (Å²) in [7, 11) is 0. The van der Waals surface area contributed by atoms with E-state index in [0.29, 0.717) is 19.6 Å². The molecule has 2 nitrogen and oxygen atoms in total. The standard InChI is InChI=1S/C23H28O2S/c1-2-3-4-5-12-17-23(26-21-15-10-7-11-16-21)22(24)19-25-18-20-13-8-6-9-14-20/h6-11,13-16,22-24H,2-4,17-19H2,1H3/t22-,23+/m1/s1. The molecule has 138 valence electrons. The van der Waals surface area contributed by atoms with Crippen LogP contribution in [0, 0.1) is 11.8 Å². The van der Waals surface area contributed by atoms with Crippen molar-refractivity contribution >= 4 is 11.8 Å². The Morgan fingerprint density at radius 2 is 1.69 bits per heavy atom. The van der Waals surface area contributed by atoms with Gasteiger partial charge in [-0.05, 0) is 24.1 Å². The molecule has 0 fully saturated rings. The highest BCUT2D eigenvalue weighted by atomic mass is 32.2. The van der Waals surface area contributed by atoms with E-state index < -0.39 is 6.10 Å². The van der Waals surface area contributed by atoms with E-state index in [4.69, 9.17) is 4.74 Å². The van der Waals surface area contributed by atoms with E-state index in [1.165, 1.54) is 0 Å². The zero-order valence-corrected chi connectivity index (χ0v) is 16.3. The van der Waals surface area contributed by atoms with Gasteiger partial charge in [-0.1, -0.05) is 61.9 Å². The van der Waals surface area contributed by atoms with Crippen LogP contribution in [0.25, 0.3) is 0 Å². The lowest BCUT2D eigenvalue weighted by molar-refractivity contribution is 0.0281. The molecule has 0 amide bonds. The molecule has 0 heterocycles. The Kier molecular flexibility index (Phi) is 9.97. The second-order valence-corrected chi connectivity index (χ2v) is 7.51. The van der Waals surface area contributed by atoms with Crippen LogP contribution in [0.1, 0.15) is 38.2 Å². The van der Waals surface area contributed by atoms with Crippen molar-refractivity contribution in [3.63, 3.8) is 0 Å². The van der Waals surface area contributed by atoms with E-state index >= 15 is 0 Å². The first-order valence-electron chi connectivity index (χ1n) is 9.26. The molecule has 0 saturated carbocycles. The van der Waals surface area contributed by atoms with Crippen LogP contribution in [-0.4, -0.2) is 23.1 Å². The Bertz CT molecular complexity index is 661. The molecule has 0 radical (unpaired) electrons. The van der Waals surface area contributed by atoms with Gasteiger partial charge in [0.15, 0.2) is 0 Å². The molecular weight excluding hydrogens is 340 g/mol. The lowest BCUT2D eigenvalue weighted by Crippen LogP contribution is -2.28. The second-order valence-electron chi connectivity index (χ2n) is 6.20. The fourth-order valence-corrected chi connectivity index (χ4v) is 3.50. The van der Waals surface area contributed by atoms with E-state index in [-0.39, 0.29) is 5.25 Å². The van der Waals surface area contributed by atoms with Crippen LogP contribution in [0.15, 0.2) is 65.6 Å². The Labute approximate surface area is 162 Å². The summed E-state index contributed by atoms with van der Waals surface area (Å²) in [5.74, 6) is 6.47. The van der Waals surface area contributed by atoms with Crippen LogP contribution >= 0.6 is 11.8 Å². The van der Waals surface area contributed by atoms with E-state index in [0.717, 1.165) is 29.7 Å². The van der Waals surface area contributed by atoms with Gasteiger partial charge >= 0.3 is 0 Å². The van der Waals surface area contributed by atoms with Crippen LogP contribution in [0.4, 0.5) is 0 Å². The molecule has 3 heteroatoms. The van der Waals surface area contributed by atoms with Gasteiger partial charge in [0.2, 0.25) is 0 Å². The van der Waals surface area contributed by atoms with Gasteiger partial charge in [0.25, 0.3) is 0 Å². The number of ether oxygens (including phenoxy) is 1. The quantitative estimate of drug-likeness (QED) is 0.350. The molecular formula is C23H28O2S. The number of rotatable bonds is 10. The topological polar surface area (TPSA) is 29.5 Å². The monoisotopic (exact) mass is 368 g/mol. The first-order valence-corrected chi connectivity index (χ1v) is 10.1. The Hall–Kier alpha value is -1.73. The van der Waals surface area contributed by atoms with Gasteiger partial charge in [0.1, 0.15) is 0 Å². The Balaban J connectivity index is 1.88. The summed E-state index contributed by atoms with van der Waals surface area (Å²) >= 11 is 1.67. The first kappa shape index (κ1) is 20.6. The van der Waals surface area contributed by atoms with Crippen molar-refractivity contribution in [2.24, 2.45) is 0 Å². The molecule has 0 bridgehead atoms. The highest BCUT2D eigenvalue weighted by Gasteiger charge is 2.20. The second kappa shape index (κ2) is 12.6. The van der Waals surface area contributed by atoms with Gasteiger partial charge < -0.3 is 9.84 Å². The molecule has 0 aliphatic rings. The minimum absolute atomic E-state index is 0.00213. The van der Waals surface area contributed by atoms with Crippen molar-refractivity contribution < 1.29 is 9.84 Å². The molecule has 0 aliphatic heterocycles. The molecule has 2 aromatic rings. The number of hydrogen-bond acceptors (Lipinski definition) is 3. The molecule has 0 spiro atoms. The molecule has 26 heavy (non-hydrogen) atoms. The van der Waals surface area contributed by atoms with Gasteiger partial charge in [0.05, 0.1) is 19.3 Å². The summed E-state index contributed by atoms with van der Waals surface area (Å²) in [6.07, 6.45) is 3.34. The van der Waals surface area contributed by atoms with Gasteiger partial charge in [-0.2, -0.15) is 0 Å². The summed E-state index contributed by atoms with van der Waals surface area (Å²) in [6, 6.07) is 20.2. The van der Waals surface area contributed by atoms with Gasteiger partial charge in [-0.3, -0.25) is 0 Å². The largest absolute Gasteiger partial charge is 0.390 e. The van der Waals surface area contributed by atoms with Crippen LogP contribution in [0.5, 0.6) is 0 Å². The SMILES string of the molecule is CCCCC#CC[C@H](Sc1ccccc1)[C@H](O)COCc1ccccc1. The van der Waals surface area contributed by atoms with Gasteiger partial charge in [0, 0.05) is 23.0 Å². The van der Waals surface area contributed by atoms with Gasteiger partial charge in [-0.25, -0.2) is 0 Å². The van der Waals surface area contributed by atoms with E-state index in [9.17, 15) is 5.11 Å². The van der Waals surface area contributed by atoms with Crippen LogP contribution in [0.3, 0.4) is 0 Å². The maximum Gasteiger partial charge on any atom is 0.0904 e. The summed E-state index contributed by atoms with van der Waals surface area (Å²) in [4.78, 5) is 1.15. The zero-order chi connectivity index (χ0) is 18.5. The Morgan fingerprint density at radius 3 is 2.38 bits per heavy atom. The molecule has 2 rings (SSSR count). The number of unbranched alkanes of at least 4 members (excludes halogenated alkanes) is 2. The molecule has 0 aliphatic carbocycles. The first-order chi connectivity index (χ1) is 12.8. The number of hydrogen-bond donors (Lipinski definition) is 1. The average Bonchev–Trinajstić information content (AvgIpc) is 2.68. The minimum atomic E-state index is -0.551. The predicted octanol–water partition coefficient (Wildman–Crippen LogP) is 5.31. The lowest BCUT2D eigenvalue weighted by Gasteiger charge is -2.21. The highest BCUT2D eigenvalue weighted by Crippen LogP contribution is 2.27. The minimum Gasteiger partial charge on any atom is -0.390 e. The van der Waals surface area contributed by atoms with Crippen LogP contribution in [-0.2, 0) is 11.3 Å². The molecule has 0 saturated heterocycles. The number of aliphatic hydroxyl groups excluding tert-OH is 1. The van der Waals surface area contributed by atoms with Crippen molar-refractivity contribution in [1.29, 1.82) is 0 Å². The number of benzene rings is 2. The van der Waals surface area contributed by atoms with Crippen LogP contribution in [0.2, 0.25) is 0 Å². The normalized spacial score (nSPS) is 12.8. The fraction of sp³-hybridized carbons (Fsp3) is 0.391. The zero-order valence-electron chi connectivity index (χ0n) is 15.4. The summed E-state index contributed by atoms with van der Waals surface area (Å²) < 4.78 is 5.73. The predicted molar refractivity (Wildman–Crippen MR) is 110 cm³/mol. The lowest BCUT2D eigenvalue weighted by atomic mass is 10.2. The maximum atomic E-state index is 10.6. The van der Waals surface area contributed by atoms with Gasteiger partial charge in [-0.15, -0.1) is 23.6 Å². The Morgan fingerprint density at radius 1 is 1.00 bits per heavy atom. The molecule has 0 unspecified atom stereocenters. The number of aliphatic hydroxyl groups is 1. The average molecular weight is 369 g/mol. The molecule has 2 atom stereocenters. The van der Waals surface area contributed by atoms with E-state index in [2.05, 4.69) is 30.9 Å². The smallest absolute Gasteiger partial charge is 0.0904 e. The third kappa shape index (κ3) is 8.10. The third-order valence-electron chi connectivity index (χ3n) is 3.94. The van der Waals surface area contributed by atoms with Crippen molar-refractivity contribution in [3.8, 4) is 11.8 Å².